The van der Waals surface area contributed by atoms with Crippen molar-refractivity contribution in [2.75, 3.05) is 18.9 Å². The normalized spacial score (nSPS) is 32.0. The fourth-order valence-corrected chi connectivity index (χ4v) is 5.99. The predicted octanol–water partition coefficient (Wildman–Crippen LogP) is 4.09. The van der Waals surface area contributed by atoms with E-state index in [0.717, 1.165) is 17.8 Å². The van der Waals surface area contributed by atoms with E-state index in [-0.39, 0.29) is 23.7 Å². The number of amides is 1. The summed E-state index contributed by atoms with van der Waals surface area (Å²) in [7, 11) is 2.04. The molecule has 1 aromatic rings. The topological polar surface area (TPSA) is 75.5 Å². The molecule has 0 aromatic heterocycles. The van der Waals surface area contributed by atoms with Crippen LogP contribution in [0.2, 0.25) is 5.02 Å². The number of hydrogen-bond acceptors (Lipinski definition) is 4. The lowest BCUT2D eigenvalue weighted by atomic mass is 9.52. The first-order chi connectivity index (χ1) is 12.3. The third-order valence-electron chi connectivity index (χ3n) is 6.63. The summed E-state index contributed by atoms with van der Waals surface area (Å²) < 4.78 is 0. The van der Waals surface area contributed by atoms with Gasteiger partial charge >= 0.3 is 0 Å². The molecule has 0 saturated heterocycles. The van der Waals surface area contributed by atoms with Crippen molar-refractivity contribution in [2.24, 2.45) is 17.8 Å². The van der Waals surface area contributed by atoms with Gasteiger partial charge in [0.2, 0.25) is 5.91 Å². The average molecular weight is 378 g/mol. The van der Waals surface area contributed by atoms with Gasteiger partial charge in [-0.1, -0.05) is 11.6 Å². The number of nitrogens with zero attached hydrogens (tertiary/aromatic N) is 2. The number of hydrogen-bond donors (Lipinski definition) is 1. The summed E-state index contributed by atoms with van der Waals surface area (Å²) in [5.41, 5.74) is 0.363. The summed E-state index contributed by atoms with van der Waals surface area (Å²) in [6.45, 7) is 0.283. The number of anilines is 1. The molecule has 0 heterocycles. The maximum absolute atomic E-state index is 12.6. The Labute approximate surface area is 158 Å². The number of nitrogens with one attached hydrogen (secondary N) is 1. The molecule has 0 aliphatic heterocycles. The van der Waals surface area contributed by atoms with Crippen molar-refractivity contribution in [3.8, 4) is 0 Å². The van der Waals surface area contributed by atoms with Crippen LogP contribution in [0.5, 0.6) is 0 Å². The highest BCUT2D eigenvalue weighted by atomic mass is 35.5. The van der Waals surface area contributed by atoms with E-state index in [9.17, 15) is 14.9 Å². The lowest BCUT2D eigenvalue weighted by Crippen LogP contribution is -2.59. The van der Waals surface area contributed by atoms with Crippen LogP contribution in [0.1, 0.15) is 38.5 Å². The molecule has 1 aromatic carbocycles. The Bertz CT molecular complexity index is 716. The van der Waals surface area contributed by atoms with Crippen LogP contribution in [0.15, 0.2) is 18.2 Å². The molecule has 140 valence electrons. The first-order valence-corrected chi connectivity index (χ1v) is 9.67. The quantitative estimate of drug-likeness (QED) is 0.619. The number of halogens is 1. The highest BCUT2D eigenvalue weighted by Crippen LogP contribution is 2.57. The zero-order valence-electron chi connectivity index (χ0n) is 14.9. The van der Waals surface area contributed by atoms with Crippen LogP contribution in [-0.4, -0.2) is 34.9 Å². The van der Waals surface area contributed by atoms with Gasteiger partial charge in [0.1, 0.15) is 0 Å². The number of non-ortho nitro benzene ring substituents is 1. The summed E-state index contributed by atoms with van der Waals surface area (Å²) in [5, 5.41) is 14.0. The van der Waals surface area contributed by atoms with E-state index in [0.29, 0.717) is 10.7 Å². The van der Waals surface area contributed by atoms with Gasteiger partial charge in [0.15, 0.2) is 0 Å². The predicted molar refractivity (Wildman–Crippen MR) is 100 cm³/mol. The minimum atomic E-state index is -0.493. The summed E-state index contributed by atoms with van der Waals surface area (Å²) in [6.07, 6.45) is 7.68. The second-order valence-corrected chi connectivity index (χ2v) is 8.87. The number of rotatable bonds is 5. The largest absolute Gasteiger partial charge is 0.323 e. The molecule has 1 N–H and O–H groups in total. The van der Waals surface area contributed by atoms with Crippen molar-refractivity contribution in [3.63, 3.8) is 0 Å². The Morgan fingerprint density at radius 1 is 1.27 bits per heavy atom. The maximum atomic E-state index is 12.6. The summed E-state index contributed by atoms with van der Waals surface area (Å²) in [6, 6.07) is 4.09. The zero-order chi connectivity index (χ0) is 18.5. The van der Waals surface area contributed by atoms with Gasteiger partial charge in [-0.2, -0.15) is 0 Å². The fraction of sp³-hybridized carbons (Fsp3) is 0.632. The maximum Gasteiger partial charge on any atom is 0.271 e. The molecule has 26 heavy (non-hydrogen) atoms. The molecule has 4 bridgehead atoms. The molecular formula is C19H24ClN3O3. The monoisotopic (exact) mass is 377 g/mol. The number of carbonyl (C=O) groups excluding carboxylic acids is 1. The highest BCUT2D eigenvalue weighted by molar-refractivity contribution is 6.33. The van der Waals surface area contributed by atoms with Crippen LogP contribution in [0.3, 0.4) is 0 Å². The van der Waals surface area contributed by atoms with Crippen molar-refractivity contribution in [3.05, 3.63) is 33.3 Å². The van der Waals surface area contributed by atoms with Crippen LogP contribution >= 0.6 is 11.6 Å². The Hall–Kier alpha value is -1.66. The van der Waals surface area contributed by atoms with Gasteiger partial charge in [-0.05, 0) is 69.4 Å². The molecular weight excluding hydrogens is 354 g/mol. The van der Waals surface area contributed by atoms with Gasteiger partial charge in [0.05, 0.1) is 22.2 Å². The Morgan fingerprint density at radius 3 is 2.38 bits per heavy atom. The SMILES string of the molecule is CN(CC(=O)Nc1cc([N+](=O)[O-])ccc1Cl)C12CC3CC(CC(C3)C1)C2. The molecule has 4 saturated carbocycles. The van der Waals surface area contributed by atoms with E-state index in [1.54, 1.807) is 0 Å². The van der Waals surface area contributed by atoms with Crippen LogP contribution < -0.4 is 5.32 Å². The molecule has 0 unspecified atom stereocenters. The lowest BCUT2D eigenvalue weighted by molar-refractivity contribution is -0.384. The molecule has 0 radical (unpaired) electrons. The summed E-state index contributed by atoms with van der Waals surface area (Å²) in [5.74, 6) is 2.28. The molecule has 1 amide bonds. The molecule has 0 atom stereocenters. The van der Waals surface area contributed by atoms with Gasteiger partial charge in [0, 0.05) is 17.7 Å². The Kier molecular flexibility index (Phi) is 4.43. The van der Waals surface area contributed by atoms with Crippen molar-refractivity contribution in [1.29, 1.82) is 0 Å². The van der Waals surface area contributed by atoms with Crippen LogP contribution in [0, 0.1) is 27.9 Å². The van der Waals surface area contributed by atoms with E-state index < -0.39 is 4.92 Å². The van der Waals surface area contributed by atoms with Gasteiger partial charge in [-0.3, -0.25) is 19.8 Å². The Morgan fingerprint density at radius 2 is 1.85 bits per heavy atom. The third kappa shape index (κ3) is 3.21. The van der Waals surface area contributed by atoms with Gasteiger partial charge < -0.3 is 5.32 Å². The first-order valence-electron chi connectivity index (χ1n) is 9.30. The molecule has 0 spiro atoms. The standard InChI is InChI=1S/C19H24ClN3O3/c1-22(19-8-12-4-13(9-19)6-14(5-12)10-19)11-18(24)21-17-7-15(23(25)26)2-3-16(17)20/h2-3,7,12-14H,4-6,8-11H2,1H3,(H,21,24). The molecule has 4 fully saturated rings. The van der Waals surface area contributed by atoms with Crippen LogP contribution in [-0.2, 0) is 4.79 Å². The second kappa shape index (κ2) is 6.50. The van der Waals surface area contributed by atoms with Crippen LogP contribution in [0.4, 0.5) is 11.4 Å². The molecule has 6 nitrogen and oxygen atoms in total. The van der Waals surface area contributed by atoms with Crippen LogP contribution in [0.25, 0.3) is 0 Å². The number of likely N-dealkylation sites (N-methyl/N-ethyl adjacent to an activating group) is 1. The van der Waals surface area contributed by atoms with Gasteiger partial charge in [-0.15, -0.1) is 0 Å². The van der Waals surface area contributed by atoms with Crippen molar-refractivity contribution in [1.82, 2.24) is 4.90 Å². The minimum absolute atomic E-state index is 0.0841. The lowest BCUT2D eigenvalue weighted by Gasteiger charge is -2.59. The molecule has 5 rings (SSSR count). The molecule has 4 aliphatic rings. The molecule has 4 aliphatic carbocycles. The summed E-state index contributed by atoms with van der Waals surface area (Å²) >= 11 is 6.09. The van der Waals surface area contributed by atoms with Crippen molar-refractivity contribution >= 4 is 28.9 Å². The zero-order valence-corrected chi connectivity index (χ0v) is 15.7. The number of nitro groups is 1. The Balaban J connectivity index is 1.44. The van der Waals surface area contributed by atoms with Gasteiger partial charge in [0.25, 0.3) is 5.69 Å². The van der Waals surface area contributed by atoms with Gasteiger partial charge in [-0.25, -0.2) is 0 Å². The third-order valence-corrected chi connectivity index (χ3v) is 6.96. The second-order valence-electron chi connectivity index (χ2n) is 8.47. The van der Waals surface area contributed by atoms with E-state index in [1.807, 2.05) is 7.05 Å². The van der Waals surface area contributed by atoms with E-state index >= 15 is 0 Å². The van der Waals surface area contributed by atoms with E-state index in [2.05, 4.69) is 10.2 Å². The average Bonchev–Trinajstić information content (AvgIpc) is 2.55. The number of benzene rings is 1. The number of nitro benzene ring substituents is 1. The smallest absolute Gasteiger partial charge is 0.271 e. The number of carbonyl (C=O) groups is 1. The first kappa shape index (κ1) is 17.7. The minimum Gasteiger partial charge on any atom is -0.323 e. The van der Waals surface area contributed by atoms with E-state index in [4.69, 9.17) is 11.6 Å². The van der Waals surface area contributed by atoms with E-state index in [1.165, 1.54) is 56.7 Å². The van der Waals surface area contributed by atoms with Crippen molar-refractivity contribution < 1.29 is 9.72 Å². The summed E-state index contributed by atoms with van der Waals surface area (Å²) in [4.78, 5) is 25.2. The highest BCUT2D eigenvalue weighted by Gasteiger charge is 2.52. The van der Waals surface area contributed by atoms with Crippen molar-refractivity contribution in [2.45, 2.75) is 44.1 Å². The molecule has 7 heteroatoms. The fourth-order valence-electron chi connectivity index (χ4n) is 5.83.